The van der Waals surface area contributed by atoms with Gasteiger partial charge >= 0.3 is 6.18 Å². The van der Waals surface area contributed by atoms with Gasteiger partial charge in [0.25, 0.3) is 0 Å². The maximum atomic E-state index is 12.6. The van der Waals surface area contributed by atoms with Crippen molar-refractivity contribution >= 4 is 0 Å². The summed E-state index contributed by atoms with van der Waals surface area (Å²) >= 11 is 0. The molecule has 0 saturated carbocycles. The zero-order chi connectivity index (χ0) is 13.1. The Balaban J connectivity index is 3.18. The average Bonchev–Trinajstić information content (AvgIpc) is 2.25. The van der Waals surface area contributed by atoms with Crippen molar-refractivity contribution in [2.45, 2.75) is 12.6 Å². The van der Waals surface area contributed by atoms with E-state index in [0.29, 0.717) is 18.5 Å². The van der Waals surface area contributed by atoms with E-state index in [1.54, 1.807) is 7.05 Å². The van der Waals surface area contributed by atoms with Crippen LogP contribution < -0.4 is 10.1 Å². The van der Waals surface area contributed by atoms with Gasteiger partial charge in [-0.1, -0.05) is 6.07 Å². The SMILES string of the molecule is CNCCc1ccc(C(F)(F)F)c(OC)c1O. The van der Waals surface area contributed by atoms with Crippen molar-refractivity contribution in [3.8, 4) is 11.5 Å². The molecule has 0 aromatic heterocycles. The molecule has 0 amide bonds. The van der Waals surface area contributed by atoms with Crippen molar-refractivity contribution in [3.63, 3.8) is 0 Å². The summed E-state index contributed by atoms with van der Waals surface area (Å²) in [4.78, 5) is 0. The number of halogens is 3. The minimum absolute atomic E-state index is 0.421. The zero-order valence-corrected chi connectivity index (χ0v) is 9.56. The molecule has 0 aliphatic heterocycles. The molecule has 2 N–H and O–H groups in total. The van der Waals surface area contributed by atoms with Crippen molar-refractivity contribution in [3.05, 3.63) is 23.3 Å². The first-order valence-corrected chi connectivity index (χ1v) is 5.02. The van der Waals surface area contributed by atoms with Crippen LogP contribution in [0.2, 0.25) is 0 Å². The van der Waals surface area contributed by atoms with Crippen molar-refractivity contribution in [2.75, 3.05) is 20.7 Å². The Hall–Kier alpha value is -1.43. The fourth-order valence-electron chi connectivity index (χ4n) is 1.50. The summed E-state index contributed by atoms with van der Waals surface area (Å²) in [5.41, 5.74) is -0.546. The fourth-order valence-corrected chi connectivity index (χ4v) is 1.50. The Bertz CT molecular complexity index is 391. The normalized spacial score (nSPS) is 11.6. The summed E-state index contributed by atoms with van der Waals surface area (Å²) in [6.45, 7) is 0.558. The second-order valence-electron chi connectivity index (χ2n) is 3.51. The lowest BCUT2D eigenvalue weighted by atomic mass is 10.1. The number of hydrogen-bond acceptors (Lipinski definition) is 3. The lowest BCUT2D eigenvalue weighted by Gasteiger charge is -2.15. The van der Waals surface area contributed by atoms with E-state index < -0.39 is 23.2 Å². The molecule has 0 unspecified atom stereocenters. The van der Waals surface area contributed by atoms with E-state index in [1.807, 2.05) is 0 Å². The average molecular weight is 249 g/mol. The third-order valence-corrected chi connectivity index (χ3v) is 2.37. The molecule has 1 aromatic rings. The second kappa shape index (κ2) is 5.27. The first kappa shape index (κ1) is 13.6. The Kier molecular flexibility index (Phi) is 4.22. The third-order valence-electron chi connectivity index (χ3n) is 2.37. The van der Waals surface area contributed by atoms with Gasteiger partial charge in [-0.15, -0.1) is 0 Å². The highest BCUT2D eigenvalue weighted by atomic mass is 19.4. The third kappa shape index (κ3) is 3.03. The number of hydrogen-bond donors (Lipinski definition) is 2. The number of aromatic hydroxyl groups is 1. The molecular formula is C11H14F3NO2. The monoisotopic (exact) mass is 249 g/mol. The largest absolute Gasteiger partial charge is 0.504 e. The first-order chi connectivity index (χ1) is 7.91. The molecule has 0 fully saturated rings. The van der Waals surface area contributed by atoms with Gasteiger partial charge in [0.15, 0.2) is 11.5 Å². The van der Waals surface area contributed by atoms with Crippen molar-refractivity contribution in [1.82, 2.24) is 5.32 Å². The molecule has 0 saturated heterocycles. The van der Waals surface area contributed by atoms with Gasteiger partial charge in [0.1, 0.15) is 5.56 Å². The smallest absolute Gasteiger partial charge is 0.420 e. The molecule has 3 nitrogen and oxygen atoms in total. The van der Waals surface area contributed by atoms with Crippen LogP contribution in [-0.4, -0.2) is 25.8 Å². The van der Waals surface area contributed by atoms with Gasteiger partial charge in [-0.2, -0.15) is 13.2 Å². The maximum absolute atomic E-state index is 12.6. The summed E-state index contributed by atoms with van der Waals surface area (Å²) in [6, 6.07) is 2.18. The van der Waals surface area contributed by atoms with E-state index in [-0.39, 0.29) is 0 Å². The lowest BCUT2D eigenvalue weighted by Crippen LogP contribution is -2.12. The van der Waals surface area contributed by atoms with Crippen LogP contribution in [0.4, 0.5) is 13.2 Å². The Labute approximate surface area is 97.2 Å². The number of benzene rings is 1. The van der Waals surface area contributed by atoms with Crippen molar-refractivity contribution in [1.29, 1.82) is 0 Å². The summed E-state index contributed by atoms with van der Waals surface area (Å²) in [5, 5.41) is 12.6. The lowest BCUT2D eigenvalue weighted by molar-refractivity contribution is -0.138. The van der Waals surface area contributed by atoms with Gasteiger partial charge in [-0.3, -0.25) is 0 Å². The molecule has 0 radical (unpaired) electrons. The molecule has 17 heavy (non-hydrogen) atoms. The number of likely N-dealkylation sites (N-methyl/N-ethyl adjacent to an activating group) is 1. The van der Waals surface area contributed by atoms with Crippen molar-refractivity contribution in [2.24, 2.45) is 0 Å². The molecule has 1 aromatic carbocycles. The van der Waals surface area contributed by atoms with Gasteiger partial charge in [0, 0.05) is 0 Å². The van der Waals surface area contributed by atoms with Gasteiger partial charge in [-0.05, 0) is 31.6 Å². The molecular weight excluding hydrogens is 235 g/mol. The molecule has 0 aliphatic carbocycles. The summed E-state index contributed by atoms with van der Waals surface area (Å²) in [5.74, 6) is -0.969. The van der Waals surface area contributed by atoms with E-state index in [9.17, 15) is 18.3 Å². The number of alkyl halides is 3. The van der Waals surface area contributed by atoms with Crippen LogP contribution in [0.1, 0.15) is 11.1 Å². The molecule has 0 spiro atoms. The topological polar surface area (TPSA) is 41.5 Å². The standard InChI is InChI=1S/C11H14F3NO2/c1-15-6-5-7-3-4-8(11(12,13)14)10(17-2)9(7)16/h3-4,15-16H,5-6H2,1-2H3. The molecule has 0 aliphatic rings. The van der Waals surface area contributed by atoms with Crippen LogP contribution in [0.25, 0.3) is 0 Å². The van der Waals surface area contributed by atoms with Gasteiger partial charge < -0.3 is 15.2 Å². The summed E-state index contributed by atoms with van der Waals surface area (Å²) in [7, 11) is 2.82. The number of ether oxygens (including phenoxy) is 1. The van der Waals surface area contributed by atoms with Crippen molar-refractivity contribution < 1.29 is 23.0 Å². The number of rotatable bonds is 4. The van der Waals surface area contributed by atoms with Gasteiger partial charge in [-0.25, -0.2) is 0 Å². The quantitative estimate of drug-likeness (QED) is 0.859. The predicted molar refractivity (Wildman–Crippen MR) is 57.3 cm³/mol. The van der Waals surface area contributed by atoms with Crippen LogP contribution in [0.3, 0.4) is 0 Å². The van der Waals surface area contributed by atoms with Crippen LogP contribution >= 0.6 is 0 Å². The number of nitrogens with one attached hydrogen (secondary N) is 1. The zero-order valence-electron chi connectivity index (χ0n) is 9.56. The number of methoxy groups -OCH3 is 1. The fraction of sp³-hybridized carbons (Fsp3) is 0.455. The molecule has 0 atom stereocenters. The van der Waals surface area contributed by atoms with E-state index in [0.717, 1.165) is 13.2 Å². The minimum atomic E-state index is -4.54. The first-order valence-electron chi connectivity index (χ1n) is 5.02. The minimum Gasteiger partial charge on any atom is -0.504 e. The van der Waals surface area contributed by atoms with E-state index in [2.05, 4.69) is 10.1 Å². The van der Waals surface area contributed by atoms with Gasteiger partial charge in [0.05, 0.1) is 7.11 Å². The van der Waals surface area contributed by atoms with Crippen LogP contribution in [0.5, 0.6) is 11.5 Å². The highest BCUT2D eigenvalue weighted by Crippen LogP contribution is 2.42. The Morgan fingerprint density at radius 2 is 2.00 bits per heavy atom. The highest BCUT2D eigenvalue weighted by molar-refractivity contribution is 5.52. The van der Waals surface area contributed by atoms with Crippen LogP contribution in [0.15, 0.2) is 12.1 Å². The Morgan fingerprint density at radius 3 is 2.47 bits per heavy atom. The van der Waals surface area contributed by atoms with Gasteiger partial charge in [0.2, 0.25) is 0 Å². The molecule has 1 rings (SSSR count). The molecule has 96 valence electrons. The van der Waals surface area contributed by atoms with Crippen LogP contribution in [-0.2, 0) is 12.6 Å². The number of phenolic OH excluding ortho intramolecular Hbond substituents is 1. The van der Waals surface area contributed by atoms with E-state index >= 15 is 0 Å². The molecule has 0 bridgehead atoms. The highest BCUT2D eigenvalue weighted by Gasteiger charge is 2.36. The maximum Gasteiger partial charge on any atom is 0.420 e. The summed E-state index contributed by atoms with van der Waals surface area (Å²) in [6.07, 6.45) is -4.11. The molecule has 6 heteroatoms. The predicted octanol–water partition coefficient (Wildman–Crippen LogP) is 2.18. The van der Waals surface area contributed by atoms with E-state index in [1.165, 1.54) is 6.07 Å². The number of phenols is 1. The Morgan fingerprint density at radius 1 is 1.35 bits per heavy atom. The second-order valence-corrected chi connectivity index (χ2v) is 3.51. The molecule has 0 heterocycles. The summed E-state index contributed by atoms with van der Waals surface area (Å²) < 4.78 is 42.4. The van der Waals surface area contributed by atoms with E-state index in [4.69, 9.17) is 0 Å². The van der Waals surface area contributed by atoms with Crippen LogP contribution in [0, 0.1) is 0 Å².